The second-order valence-corrected chi connectivity index (χ2v) is 7.50. The Morgan fingerprint density at radius 3 is 2.24 bits per heavy atom. The molecular formula is C24H32N2O3. The van der Waals surface area contributed by atoms with Crippen molar-refractivity contribution in [3.8, 4) is 5.75 Å². The van der Waals surface area contributed by atoms with Gasteiger partial charge in [0.1, 0.15) is 11.8 Å². The first-order chi connectivity index (χ1) is 13.8. The quantitative estimate of drug-likeness (QED) is 0.697. The van der Waals surface area contributed by atoms with Gasteiger partial charge in [0.05, 0.1) is 0 Å². The van der Waals surface area contributed by atoms with E-state index in [1.165, 1.54) is 0 Å². The summed E-state index contributed by atoms with van der Waals surface area (Å²) in [5.74, 6) is 0.300. The van der Waals surface area contributed by atoms with Gasteiger partial charge in [-0.2, -0.15) is 0 Å². The molecule has 2 aromatic carbocycles. The van der Waals surface area contributed by atoms with E-state index in [2.05, 4.69) is 5.32 Å². The molecule has 5 heteroatoms. The third-order valence-corrected chi connectivity index (χ3v) is 5.22. The fourth-order valence-electron chi connectivity index (χ4n) is 2.96. The van der Waals surface area contributed by atoms with Gasteiger partial charge < -0.3 is 15.0 Å². The molecule has 2 rings (SSSR count). The van der Waals surface area contributed by atoms with Gasteiger partial charge in [0.2, 0.25) is 5.91 Å². The third kappa shape index (κ3) is 6.34. The maximum absolute atomic E-state index is 13.1. The SMILES string of the molecule is CC[C@H](C)NC(=O)[C@H](C)N(Cc1ccccc1C)C(=O)COc1ccccc1C. The minimum Gasteiger partial charge on any atom is -0.484 e. The first-order valence-electron chi connectivity index (χ1n) is 10.2. The number of ether oxygens (including phenoxy) is 1. The van der Waals surface area contributed by atoms with E-state index in [0.29, 0.717) is 12.3 Å². The molecule has 0 fully saturated rings. The van der Waals surface area contributed by atoms with Crippen LogP contribution >= 0.6 is 0 Å². The van der Waals surface area contributed by atoms with E-state index >= 15 is 0 Å². The van der Waals surface area contributed by atoms with Gasteiger partial charge in [-0.15, -0.1) is 0 Å². The summed E-state index contributed by atoms with van der Waals surface area (Å²) in [6.45, 7) is 9.93. The first kappa shape index (κ1) is 22.5. The molecule has 0 aromatic heterocycles. The summed E-state index contributed by atoms with van der Waals surface area (Å²) in [4.78, 5) is 27.4. The Kier molecular flexibility index (Phi) is 8.25. The van der Waals surface area contributed by atoms with Gasteiger partial charge >= 0.3 is 0 Å². The van der Waals surface area contributed by atoms with E-state index in [0.717, 1.165) is 23.1 Å². The van der Waals surface area contributed by atoms with Gasteiger partial charge in [-0.1, -0.05) is 49.4 Å². The van der Waals surface area contributed by atoms with Crippen molar-refractivity contribution in [3.63, 3.8) is 0 Å². The average Bonchev–Trinajstić information content (AvgIpc) is 2.71. The first-order valence-corrected chi connectivity index (χ1v) is 10.2. The van der Waals surface area contributed by atoms with E-state index in [9.17, 15) is 9.59 Å². The van der Waals surface area contributed by atoms with Crippen molar-refractivity contribution in [2.45, 2.75) is 59.7 Å². The van der Waals surface area contributed by atoms with Crippen LogP contribution < -0.4 is 10.1 Å². The number of amides is 2. The maximum Gasteiger partial charge on any atom is 0.261 e. The average molecular weight is 397 g/mol. The molecule has 0 saturated heterocycles. The topological polar surface area (TPSA) is 58.6 Å². The van der Waals surface area contributed by atoms with Crippen molar-refractivity contribution in [3.05, 3.63) is 65.2 Å². The smallest absolute Gasteiger partial charge is 0.261 e. The Bertz CT molecular complexity index is 834. The summed E-state index contributed by atoms with van der Waals surface area (Å²) in [5, 5.41) is 2.97. The van der Waals surface area contributed by atoms with Crippen molar-refractivity contribution in [2.75, 3.05) is 6.61 Å². The van der Waals surface area contributed by atoms with Crippen molar-refractivity contribution >= 4 is 11.8 Å². The lowest BCUT2D eigenvalue weighted by atomic mass is 10.1. The molecule has 5 nitrogen and oxygen atoms in total. The van der Waals surface area contributed by atoms with Crippen LogP contribution in [0.3, 0.4) is 0 Å². The second-order valence-electron chi connectivity index (χ2n) is 7.50. The summed E-state index contributed by atoms with van der Waals surface area (Å²) in [6, 6.07) is 14.9. The number of carbonyl (C=O) groups is 2. The van der Waals surface area contributed by atoms with Crippen LogP contribution in [0.25, 0.3) is 0 Å². The molecule has 1 N–H and O–H groups in total. The number of benzene rings is 2. The Hall–Kier alpha value is -2.82. The van der Waals surface area contributed by atoms with Crippen molar-refractivity contribution < 1.29 is 14.3 Å². The summed E-state index contributed by atoms with van der Waals surface area (Å²) in [6.07, 6.45) is 0.834. The molecule has 0 unspecified atom stereocenters. The van der Waals surface area contributed by atoms with Gasteiger partial charge in [0.15, 0.2) is 6.61 Å². The molecule has 2 atom stereocenters. The van der Waals surface area contributed by atoms with Crippen LogP contribution in [0.4, 0.5) is 0 Å². The van der Waals surface area contributed by atoms with Crippen molar-refractivity contribution in [1.82, 2.24) is 10.2 Å². The summed E-state index contributed by atoms with van der Waals surface area (Å²) in [5.41, 5.74) is 3.06. The second kappa shape index (κ2) is 10.6. The van der Waals surface area contributed by atoms with Crippen LogP contribution in [0.2, 0.25) is 0 Å². The molecule has 0 saturated carbocycles. The molecule has 29 heavy (non-hydrogen) atoms. The predicted octanol–water partition coefficient (Wildman–Crippen LogP) is 4.01. The largest absolute Gasteiger partial charge is 0.484 e. The molecule has 2 amide bonds. The highest BCUT2D eigenvalue weighted by Crippen LogP contribution is 2.18. The lowest BCUT2D eigenvalue weighted by Gasteiger charge is -2.30. The van der Waals surface area contributed by atoms with Gasteiger partial charge in [0, 0.05) is 12.6 Å². The fraction of sp³-hybridized carbons (Fsp3) is 0.417. The summed E-state index contributed by atoms with van der Waals surface area (Å²) < 4.78 is 5.76. The van der Waals surface area contributed by atoms with Crippen LogP contribution in [-0.4, -0.2) is 35.4 Å². The molecule has 0 spiro atoms. The predicted molar refractivity (Wildman–Crippen MR) is 116 cm³/mol. The molecular weight excluding hydrogens is 364 g/mol. The Morgan fingerprint density at radius 1 is 1.00 bits per heavy atom. The Morgan fingerprint density at radius 2 is 1.62 bits per heavy atom. The summed E-state index contributed by atoms with van der Waals surface area (Å²) >= 11 is 0. The van der Waals surface area contributed by atoms with Crippen molar-refractivity contribution in [2.24, 2.45) is 0 Å². The van der Waals surface area contributed by atoms with Gasteiger partial charge in [0.25, 0.3) is 5.91 Å². The van der Waals surface area contributed by atoms with Crippen LogP contribution in [0.15, 0.2) is 48.5 Å². The van der Waals surface area contributed by atoms with E-state index in [4.69, 9.17) is 4.74 Å². The van der Waals surface area contributed by atoms with Crippen LogP contribution in [0, 0.1) is 13.8 Å². The number of hydrogen-bond donors (Lipinski definition) is 1. The molecule has 0 aliphatic rings. The molecule has 2 aromatic rings. The summed E-state index contributed by atoms with van der Waals surface area (Å²) in [7, 11) is 0. The third-order valence-electron chi connectivity index (χ3n) is 5.22. The highest BCUT2D eigenvalue weighted by molar-refractivity contribution is 5.88. The number of hydrogen-bond acceptors (Lipinski definition) is 3. The van der Waals surface area contributed by atoms with E-state index in [-0.39, 0.29) is 24.5 Å². The van der Waals surface area contributed by atoms with Gasteiger partial charge in [-0.3, -0.25) is 9.59 Å². The lowest BCUT2D eigenvalue weighted by Crippen LogP contribution is -2.50. The minimum atomic E-state index is -0.600. The Balaban J connectivity index is 2.18. The molecule has 0 aliphatic heterocycles. The van der Waals surface area contributed by atoms with Crippen molar-refractivity contribution in [1.29, 1.82) is 0 Å². The van der Waals surface area contributed by atoms with Gasteiger partial charge in [-0.25, -0.2) is 0 Å². The highest BCUT2D eigenvalue weighted by Gasteiger charge is 2.27. The molecule has 0 bridgehead atoms. The number of para-hydroxylation sites is 1. The zero-order chi connectivity index (χ0) is 21.4. The molecule has 0 aliphatic carbocycles. The highest BCUT2D eigenvalue weighted by atomic mass is 16.5. The number of rotatable bonds is 9. The zero-order valence-corrected chi connectivity index (χ0v) is 18.1. The fourth-order valence-corrected chi connectivity index (χ4v) is 2.96. The Labute approximate surface area is 174 Å². The zero-order valence-electron chi connectivity index (χ0n) is 18.1. The van der Waals surface area contributed by atoms with E-state index in [1.807, 2.05) is 76.2 Å². The number of carbonyl (C=O) groups excluding carboxylic acids is 2. The normalized spacial score (nSPS) is 12.7. The number of nitrogens with zero attached hydrogens (tertiary/aromatic N) is 1. The van der Waals surface area contributed by atoms with Crippen LogP contribution in [0.1, 0.15) is 43.9 Å². The number of aryl methyl sites for hydroxylation is 2. The maximum atomic E-state index is 13.1. The van der Waals surface area contributed by atoms with Crippen LogP contribution in [-0.2, 0) is 16.1 Å². The van der Waals surface area contributed by atoms with Gasteiger partial charge in [-0.05, 0) is 56.9 Å². The van der Waals surface area contributed by atoms with E-state index in [1.54, 1.807) is 11.8 Å². The molecule has 156 valence electrons. The lowest BCUT2D eigenvalue weighted by molar-refractivity contribution is -0.142. The monoisotopic (exact) mass is 396 g/mol. The van der Waals surface area contributed by atoms with E-state index < -0.39 is 6.04 Å². The molecule has 0 radical (unpaired) electrons. The molecule has 0 heterocycles. The van der Waals surface area contributed by atoms with Crippen LogP contribution in [0.5, 0.6) is 5.75 Å². The minimum absolute atomic E-state index is 0.0589. The number of nitrogens with one attached hydrogen (secondary N) is 1. The standard InChI is InChI=1S/C24H32N2O3/c1-6-19(4)25-24(28)20(5)26(15-21-13-9-7-11-17(21)2)23(27)16-29-22-14-10-8-12-18(22)3/h7-14,19-20H,6,15-16H2,1-5H3,(H,25,28)/t19-,20-/m0/s1.